The Morgan fingerprint density at radius 3 is 2.09 bits per heavy atom. The van der Waals surface area contributed by atoms with E-state index < -0.39 is 18.6 Å². The molecule has 1 aliphatic carbocycles. The van der Waals surface area contributed by atoms with Crippen LogP contribution >= 0.6 is 0 Å². The fourth-order valence-electron chi connectivity index (χ4n) is 2.96. The Hall–Kier alpha value is -2.82. The van der Waals surface area contributed by atoms with Crippen LogP contribution in [0.2, 0.25) is 0 Å². The Bertz CT molecular complexity index is 711. The number of hydrogen-bond acceptors (Lipinski definition) is 4. The second-order valence-corrected chi connectivity index (χ2v) is 5.53. The molecule has 23 heavy (non-hydrogen) atoms. The SMILES string of the molecule is CN(CC(=O)[O-])C(=O)OCC1c2ccccc2-c2ccccc21. The van der Waals surface area contributed by atoms with Gasteiger partial charge in [0.2, 0.25) is 0 Å². The van der Waals surface area contributed by atoms with Crippen LogP contribution in [-0.2, 0) is 9.53 Å². The third-order valence-electron chi connectivity index (χ3n) is 4.01. The van der Waals surface area contributed by atoms with Crippen LogP contribution in [0.1, 0.15) is 17.0 Å². The van der Waals surface area contributed by atoms with Gasteiger partial charge in [0.25, 0.3) is 0 Å². The van der Waals surface area contributed by atoms with E-state index in [1.165, 1.54) is 7.05 Å². The number of rotatable bonds is 4. The molecule has 0 fully saturated rings. The Labute approximate surface area is 134 Å². The summed E-state index contributed by atoms with van der Waals surface area (Å²) < 4.78 is 5.30. The quantitative estimate of drug-likeness (QED) is 0.860. The van der Waals surface area contributed by atoms with Gasteiger partial charge in [-0.25, -0.2) is 4.79 Å². The predicted molar refractivity (Wildman–Crippen MR) is 82.7 cm³/mol. The average molecular weight is 310 g/mol. The van der Waals surface area contributed by atoms with Crippen molar-refractivity contribution in [1.29, 1.82) is 0 Å². The van der Waals surface area contributed by atoms with E-state index in [4.69, 9.17) is 4.74 Å². The van der Waals surface area contributed by atoms with Gasteiger partial charge in [0, 0.05) is 13.0 Å². The van der Waals surface area contributed by atoms with Gasteiger partial charge in [0.15, 0.2) is 0 Å². The third kappa shape index (κ3) is 2.90. The number of hydrogen-bond donors (Lipinski definition) is 0. The van der Waals surface area contributed by atoms with Gasteiger partial charge < -0.3 is 19.5 Å². The maximum atomic E-state index is 11.9. The monoisotopic (exact) mass is 310 g/mol. The molecular weight excluding hydrogens is 294 g/mol. The number of carboxylic acids is 1. The van der Waals surface area contributed by atoms with E-state index >= 15 is 0 Å². The average Bonchev–Trinajstić information content (AvgIpc) is 2.86. The molecule has 0 aliphatic heterocycles. The molecule has 2 aromatic rings. The molecular formula is C18H16NO4-. The normalized spacial score (nSPS) is 12.4. The van der Waals surface area contributed by atoms with Gasteiger partial charge in [-0.3, -0.25) is 0 Å². The Balaban J connectivity index is 1.78. The molecule has 3 rings (SSSR count). The first-order valence-corrected chi connectivity index (χ1v) is 7.34. The van der Waals surface area contributed by atoms with Gasteiger partial charge in [-0.05, 0) is 22.3 Å². The number of carboxylic acid groups (broad SMARTS) is 1. The molecule has 0 N–H and O–H groups in total. The Morgan fingerprint density at radius 1 is 1.04 bits per heavy atom. The van der Waals surface area contributed by atoms with E-state index in [1.807, 2.05) is 36.4 Å². The maximum Gasteiger partial charge on any atom is 0.409 e. The van der Waals surface area contributed by atoms with E-state index in [-0.39, 0.29) is 12.5 Å². The molecule has 0 spiro atoms. The minimum atomic E-state index is -1.32. The molecule has 1 amide bonds. The number of benzene rings is 2. The van der Waals surface area contributed by atoms with Crippen LogP contribution < -0.4 is 5.11 Å². The molecule has 5 nitrogen and oxygen atoms in total. The van der Waals surface area contributed by atoms with Crippen molar-refractivity contribution in [3.8, 4) is 11.1 Å². The second kappa shape index (κ2) is 6.12. The van der Waals surface area contributed by atoms with Crippen molar-refractivity contribution in [1.82, 2.24) is 4.90 Å². The molecule has 118 valence electrons. The molecule has 0 heterocycles. The number of ether oxygens (including phenoxy) is 1. The summed E-state index contributed by atoms with van der Waals surface area (Å²) in [4.78, 5) is 23.4. The summed E-state index contributed by atoms with van der Waals surface area (Å²) in [5, 5.41) is 10.5. The summed E-state index contributed by atoms with van der Waals surface area (Å²) in [6.45, 7) is -0.319. The van der Waals surface area contributed by atoms with Gasteiger partial charge in [-0.2, -0.15) is 0 Å². The van der Waals surface area contributed by atoms with Crippen LogP contribution in [0.15, 0.2) is 48.5 Å². The van der Waals surface area contributed by atoms with Crippen LogP contribution in [0.3, 0.4) is 0 Å². The molecule has 5 heteroatoms. The zero-order valence-corrected chi connectivity index (χ0v) is 12.7. The molecule has 0 unspecified atom stereocenters. The smallest absolute Gasteiger partial charge is 0.409 e. The van der Waals surface area contributed by atoms with Crippen molar-refractivity contribution >= 4 is 12.1 Å². The molecule has 0 bridgehead atoms. The van der Waals surface area contributed by atoms with E-state index in [0.717, 1.165) is 27.2 Å². The van der Waals surface area contributed by atoms with Crippen LogP contribution in [-0.4, -0.2) is 37.2 Å². The highest BCUT2D eigenvalue weighted by molar-refractivity contribution is 5.79. The molecule has 0 aromatic heterocycles. The van der Waals surface area contributed by atoms with Crippen LogP contribution in [0.25, 0.3) is 11.1 Å². The van der Waals surface area contributed by atoms with Crippen molar-refractivity contribution in [2.75, 3.05) is 20.2 Å². The highest BCUT2D eigenvalue weighted by atomic mass is 16.6. The van der Waals surface area contributed by atoms with Gasteiger partial charge in [0.05, 0.1) is 12.5 Å². The summed E-state index contributed by atoms with van der Waals surface area (Å²) in [6, 6.07) is 16.0. The summed E-state index contributed by atoms with van der Waals surface area (Å²) >= 11 is 0. The summed E-state index contributed by atoms with van der Waals surface area (Å²) in [6.07, 6.45) is -0.670. The molecule has 0 atom stereocenters. The lowest BCUT2D eigenvalue weighted by atomic mass is 9.98. The van der Waals surface area contributed by atoms with Crippen LogP contribution in [0.4, 0.5) is 4.79 Å². The summed E-state index contributed by atoms with van der Waals surface area (Å²) in [5.74, 6) is -1.36. The largest absolute Gasteiger partial charge is 0.548 e. The maximum absolute atomic E-state index is 11.9. The molecule has 2 aromatic carbocycles. The minimum absolute atomic E-state index is 0.0392. The second-order valence-electron chi connectivity index (χ2n) is 5.53. The minimum Gasteiger partial charge on any atom is -0.548 e. The fourth-order valence-corrected chi connectivity index (χ4v) is 2.96. The number of nitrogens with zero attached hydrogens (tertiary/aromatic N) is 1. The zero-order chi connectivity index (χ0) is 16.4. The Kier molecular flexibility index (Phi) is 4.02. The zero-order valence-electron chi connectivity index (χ0n) is 12.7. The van der Waals surface area contributed by atoms with Crippen molar-refractivity contribution in [2.24, 2.45) is 0 Å². The number of amides is 1. The highest BCUT2D eigenvalue weighted by Gasteiger charge is 2.29. The predicted octanol–water partition coefficient (Wildman–Crippen LogP) is 1.62. The topological polar surface area (TPSA) is 69.7 Å². The van der Waals surface area contributed by atoms with Gasteiger partial charge in [0.1, 0.15) is 6.61 Å². The standard InChI is InChI=1S/C18H17NO4/c1-19(10-17(20)21)18(22)23-11-16-14-8-4-2-6-12(14)13-7-3-5-9-15(13)16/h2-9,16H,10-11H2,1H3,(H,20,21)/p-1. The lowest BCUT2D eigenvalue weighted by Crippen LogP contribution is -2.39. The lowest BCUT2D eigenvalue weighted by Gasteiger charge is -2.20. The van der Waals surface area contributed by atoms with Crippen LogP contribution in [0.5, 0.6) is 0 Å². The van der Waals surface area contributed by atoms with Gasteiger partial charge >= 0.3 is 6.09 Å². The number of carbonyl (C=O) groups excluding carboxylic acids is 2. The van der Waals surface area contributed by atoms with E-state index in [0.29, 0.717) is 0 Å². The van der Waals surface area contributed by atoms with E-state index in [2.05, 4.69) is 12.1 Å². The molecule has 0 saturated heterocycles. The first kappa shape index (κ1) is 15.1. The Morgan fingerprint density at radius 2 is 1.57 bits per heavy atom. The highest BCUT2D eigenvalue weighted by Crippen LogP contribution is 2.44. The first-order chi connectivity index (χ1) is 11.1. The summed E-state index contributed by atoms with van der Waals surface area (Å²) in [5.41, 5.74) is 4.52. The first-order valence-electron chi connectivity index (χ1n) is 7.34. The number of aliphatic carboxylic acids is 1. The van der Waals surface area contributed by atoms with Crippen molar-refractivity contribution in [3.63, 3.8) is 0 Å². The van der Waals surface area contributed by atoms with Gasteiger partial charge in [-0.15, -0.1) is 0 Å². The van der Waals surface area contributed by atoms with E-state index in [1.54, 1.807) is 0 Å². The molecule has 0 saturated carbocycles. The number of likely N-dealkylation sites (N-methyl/N-ethyl adjacent to an activating group) is 1. The molecule has 0 radical (unpaired) electrons. The number of carbonyl (C=O) groups is 2. The summed E-state index contributed by atoms with van der Waals surface area (Å²) in [7, 11) is 1.37. The van der Waals surface area contributed by atoms with Gasteiger partial charge in [-0.1, -0.05) is 48.5 Å². The fraction of sp³-hybridized carbons (Fsp3) is 0.222. The third-order valence-corrected chi connectivity index (χ3v) is 4.01. The van der Waals surface area contributed by atoms with Crippen molar-refractivity contribution < 1.29 is 19.4 Å². The van der Waals surface area contributed by atoms with Crippen molar-refractivity contribution in [2.45, 2.75) is 5.92 Å². The van der Waals surface area contributed by atoms with Crippen LogP contribution in [0, 0.1) is 0 Å². The molecule has 1 aliphatic rings. The van der Waals surface area contributed by atoms with E-state index in [9.17, 15) is 14.7 Å². The lowest BCUT2D eigenvalue weighted by molar-refractivity contribution is -0.305. The van der Waals surface area contributed by atoms with Crippen molar-refractivity contribution in [3.05, 3.63) is 59.7 Å². The number of fused-ring (bicyclic) bond motifs is 3.